The third-order valence-corrected chi connectivity index (χ3v) is 3.68. The molecular weight excluding hydrogens is 252 g/mol. The number of nitrogens with one attached hydrogen (secondary N) is 1. The molecule has 16 heavy (non-hydrogen) atoms. The smallest absolute Gasteiger partial charge is 0.340 e. The number of aryl methyl sites for hydroxylation is 1. The van der Waals surface area contributed by atoms with Gasteiger partial charge in [-0.1, -0.05) is 0 Å². The molecule has 0 aliphatic rings. The summed E-state index contributed by atoms with van der Waals surface area (Å²) in [5, 5.41) is 12.1. The summed E-state index contributed by atoms with van der Waals surface area (Å²) in [5.41, 5.74) is 0.540. The van der Waals surface area contributed by atoms with E-state index in [2.05, 4.69) is 9.69 Å². The number of carboxylic acid groups (broad SMARTS) is 1. The van der Waals surface area contributed by atoms with E-state index in [-0.39, 0.29) is 17.9 Å². The summed E-state index contributed by atoms with van der Waals surface area (Å²) in [6.45, 7) is 1.78. The van der Waals surface area contributed by atoms with Crippen molar-refractivity contribution in [2.75, 3.05) is 23.9 Å². The number of rotatable bonds is 5. The Morgan fingerprint density at radius 1 is 1.56 bits per heavy atom. The van der Waals surface area contributed by atoms with E-state index in [1.54, 1.807) is 6.92 Å². The van der Waals surface area contributed by atoms with Crippen LogP contribution in [0.15, 0.2) is 0 Å². The number of nitrogens with zero attached hydrogens (tertiary/aromatic N) is 1. The highest BCUT2D eigenvalue weighted by Gasteiger charge is 2.17. The number of hydrogen-bond acceptors (Lipinski definition) is 6. The molecule has 2 N–H and O–H groups in total. The van der Waals surface area contributed by atoms with Gasteiger partial charge in [-0.25, -0.2) is 13.2 Å². The van der Waals surface area contributed by atoms with Crippen LogP contribution in [0.5, 0.6) is 0 Å². The van der Waals surface area contributed by atoms with Gasteiger partial charge in [-0.3, -0.25) is 0 Å². The van der Waals surface area contributed by atoms with Crippen LogP contribution in [0.4, 0.5) is 5.00 Å². The summed E-state index contributed by atoms with van der Waals surface area (Å²) in [6.07, 6.45) is 1.13. The molecule has 0 amide bonds. The van der Waals surface area contributed by atoms with E-state index in [1.807, 2.05) is 0 Å². The van der Waals surface area contributed by atoms with Gasteiger partial charge < -0.3 is 10.4 Å². The van der Waals surface area contributed by atoms with Gasteiger partial charge in [-0.15, -0.1) is 0 Å². The Bertz CT molecular complexity index is 492. The minimum absolute atomic E-state index is 0.0387. The monoisotopic (exact) mass is 264 g/mol. The van der Waals surface area contributed by atoms with E-state index in [9.17, 15) is 13.2 Å². The molecule has 0 saturated carbocycles. The van der Waals surface area contributed by atoms with Gasteiger partial charge >= 0.3 is 5.97 Å². The van der Waals surface area contributed by atoms with E-state index in [4.69, 9.17) is 5.11 Å². The summed E-state index contributed by atoms with van der Waals surface area (Å²) in [6, 6.07) is 0. The Kier molecular flexibility index (Phi) is 3.87. The van der Waals surface area contributed by atoms with Crippen molar-refractivity contribution in [2.45, 2.75) is 6.92 Å². The molecule has 0 unspecified atom stereocenters. The Morgan fingerprint density at radius 2 is 2.19 bits per heavy atom. The molecule has 0 fully saturated rings. The standard InChI is InChI=1S/C8H12N2O4S2/c1-5-6(8(11)12)7(15-10-5)9-3-4-16(2,13)14/h9H,3-4H2,1-2H3,(H,11,12). The van der Waals surface area contributed by atoms with Gasteiger partial charge in [0, 0.05) is 12.8 Å². The average Bonchev–Trinajstić information content (AvgIpc) is 2.44. The van der Waals surface area contributed by atoms with Crippen LogP contribution in [-0.4, -0.2) is 42.4 Å². The molecule has 1 rings (SSSR count). The van der Waals surface area contributed by atoms with Crippen molar-refractivity contribution in [1.82, 2.24) is 4.37 Å². The molecule has 0 aliphatic heterocycles. The van der Waals surface area contributed by atoms with Crippen molar-refractivity contribution in [2.24, 2.45) is 0 Å². The minimum Gasteiger partial charge on any atom is -0.478 e. The first kappa shape index (κ1) is 12.9. The van der Waals surface area contributed by atoms with Crippen LogP contribution in [0.2, 0.25) is 0 Å². The maximum absolute atomic E-state index is 10.9. The summed E-state index contributed by atoms with van der Waals surface area (Å²) in [7, 11) is -3.05. The number of anilines is 1. The molecule has 6 nitrogen and oxygen atoms in total. The molecule has 0 radical (unpaired) electrons. The van der Waals surface area contributed by atoms with Gasteiger partial charge in [0.15, 0.2) is 0 Å². The van der Waals surface area contributed by atoms with Gasteiger partial charge in [0.1, 0.15) is 20.4 Å². The molecule has 1 heterocycles. The minimum atomic E-state index is -3.05. The number of aromatic nitrogens is 1. The van der Waals surface area contributed by atoms with E-state index >= 15 is 0 Å². The largest absolute Gasteiger partial charge is 0.478 e. The fourth-order valence-corrected chi connectivity index (χ4v) is 2.38. The Balaban J connectivity index is 2.72. The van der Waals surface area contributed by atoms with Gasteiger partial charge in [-0.2, -0.15) is 4.37 Å². The average molecular weight is 264 g/mol. The predicted octanol–water partition coefficient (Wildman–Crippen LogP) is 0.606. The Hall–Kier alpha value is -1.15. The van der Waals surface area contributed by atoms with Crippen molar-refractivity contribution in [3.8, 4) is 0 Å². The highest BCUT2D eigenvalue weighted by atomic mass is 32.2. The molecule has 90 valence electrons. The quantitative estimate of drug-likeness (QED) is 0.808. The number of carbonyl (C=O) groups is 1. The Morgan fingerprint density at radius 3 is 2.69 bits per heavy atom. The number of carboxylic acids is 1. The normalized spacial score (nSPS) is 11.4. The van der Waals surface area contributed by atoms with Crippen LogP contribution < -0.4 is 5.32 Å². The van der Waals surface area contributed by atoms with Crippen molar-refractivity contribution < 1.29 is 18.3 Å². The van der Waals surface area contributed by atoms with Crippen LogP contribution in [0, 0.1) is 6.92 Å². The molecule has 0 atom stereocenters. The lowest BCUT2D eigenvalue weighted by molar-refractivity contribution is 0.0697. The van der Waals surface area contributed by atoms with Crippen molar-refractivity contribution >= 4 is 32.3 Å². The molecule has 1 aromatic heterocycles. The zero-order valence-corrected chi connectivity index (χ0v) is 10.5. The third kappa shape index (κ3) is 3.46. The lowest BCUT2D eigenvalue weighted by atomic mass is 10.2. The maximum Gasteiger partial charge on any atom is 0.340 e. The lowest BCUT2D eigenvalue weighted by Crippen LogP contribution is -2.15. The number of sulfone groups is 1. The fourth-order valence-electron chi connectivity index (χ4n) is 1.09. The molecule has 0 aliphatic carbocycles. The first-order valence-electron chi connectivity index (χ1n) is 4.42. The van der Waals surface area contributed by atoms with Gasteiger partial charge in [0.05, 0.1) is 11.4 Å². The number of hydrogen-bond donors (Lipinski definition) is 2. The van der Waals surface area contributed by atoms with Crippen molar-refractivity contribution in [3.63, 3.8) is 0 Å². The highest BCUT2D eigenvalue weighted by Crippen LogP contribution is 2.23. The summed E-state index contributed by atoms with van der Waals surface area (Å²) >= 11 is 1.02. The van der Waals surface area contributed by atoms with E-state index < -0.39 is 15.8 Å². The van der Waals surface area contributed by atoms with Crippen LogP contribution >= 0.6 is 11.5 Å². The zero-order valence-electron chi connectivity index (χ0n) is 8.85. The van der Waals surface area contributed by atoms with Gasteiger partial charge in [-0.05, 0) is 18.5 Å². The van der Waals surface area contributed by atoms with E-state index in [0.29, 0.717) is 10.7 Å². The van der Waals surface area contributed by atoms with Gasteiger partial charge in [0.2, 0.25) is 0 Å². The van der Waals surface area contributed by atoms with E-state index in [1.165, 1.54) is 0 Å². The zero-order chi connectivity index (χ0) is 12.3. The van der Waals surface area contributed by atoms with Crippen LogP contribution in [0.3, 0.4) is 0 Å². The first-order chi connectivity index (χ1) is 7.31. The topological polar surface area (TPSA) is 96.4 Å². The maximum atomic E-state index is 10.9. The summed E-state index contributed by atoms with van der Waals surface area (Å²) in [4.78, 5) is 10.9. The second-order valence-corrected chi connectivity index (χ2v) is 6.37. The van der Waals surface area contributed by atoms with Crippen LogP contribution in [0.25, 0.3) is 0 Å². The first-order valence-corrected chi connectivity index (χ1v) is 7.26. The Labute approximate surface area is 97.4 Å². The highest BCUT2D eigenvalue weighted by molar-refractivity contribution is 7.90. The molecule has 0 saturated heterocycles. The molecule has 0 spiro atoms. The second-order valence-electron chi connectivity index (χ2n) is 3.33. The second kappa shape index (κ2) is 4.79. The third-order valence-electron chi connectivity index (χ3n) is 1.84. The molecular formula is C8H12N2O4S2. The van der Waals surface area contributed by atoms with Gasteiger partial charge in [0.25, 0.3) is 0 Å². The SMILES string of the molecule is Cc1nsc(NCCS(C)(=O)=O)c1C(=O)O. The van der Waals surface area contributed by atoms with E-state index in [0.717, 1.165) is 17.8 Å². The molecule has 8 heteroatoms. The fraction of sp³-hybridized carbons (Fsp3) is 0.500. The number of aromatic carboxylic acids is 1. The van der Waals surface area contributed by atoms with Crippen LogP contribution in [-0.2, 0) is 9.84 Å². The summed E-state index contributed by atoms with van der Waals surface area (Å²) < 4.78 is 25.7. The van der Waals surface area contributed by atoms with Crippen molar-refractivity contribution in [3.05, 3.63) is 11.3 Å². The molecule has 0 bridgehead atoms. The van der Waals surface area contributed by atoms with Crippen LogP contribution in [0.1, 0.15) is 16.1 Å². The van der Waals surface area contributed by atoms with Crippen molar-refractivity contribution in [1.29, 1.82) is 0 Å². The summed E-state index contributed by atoms with van der Waals surface area (Å²) in [5.74, 6) is -1.10. The lowest BCUT2D eigenvalue weighted by Gasteiger charge is -2.03. The molecule has 1 aromatic rings. The predicted molar refractivity (Wildman–Crippen MR) is 62.0 cm³/mol. The molecule has 0 aromatic carbocycles.